The molecule has 1 aliphatic rings. The van der Waals surface area contributed by atoms with Crippen molar-refractivity contribution in [1.82, 2.24) is 5.32 Å². The van der Waals surface area contributed by atoms with Gasteiger partial charge in [-0.05, 0) is 36.7 Å². The van der Waals surface area contributed by atoms with Crippen molar-refractivity contribution < 1.29 is 0 Å². The van der Waals surface area contributed by atoms with E-state index in [1.807, 2.05) is 17.8 Å². The number of thioether (sulfide) groups is 1. The standard InChI is InChI=1S/C13H18ClNS/c1-3-5-12-13(15-4-2)10-8-9(14)6-7-11(10)16-12/h6-8,12-13,15H,3-5H2,1-2H3. The van der Waals surface area contributed by atoms with Gasteiger partial charge in [0.1, 0.15) is 0 Å². The summed E-state index contributed by atoms with van der Waals surface area (Å²) in [5.74, 6) is 0. The normalized spacial score (nSPS) is 23.4. The van der Waals surface area contributed by atoms with Gasteiger partial charge >= 0.3 is 0 Å². The van der Waals surface area contributed by atoms with Crippen LogP contribution in [0, 0.1) is 0 Å². The molecule has 0 spiro atoms. The second-order valence-corrected chi connectivity index (χ2v) is 5.88. The maximum absolute atomic E-state index is 6.08. The van der Waals surface area contributed by atoms with Gasteiger partial charge in [-0.1, -0.05) is 31.9 Å². The topological polar surface area (TPSA) is 12.0 Å². The van der Waals surface area contributed by atoms with Gasteiger partial charge in [0.05, 0.1) is 0 Å². The van der Waals surface area contributed by atoms with E-state index in [-0.39, 0.29) is 0 Å². The highest BCUT2D eigenvalue weighted by Crippen LogP contribution is 2.46. The average molecular weight is 256 g/mol. The summed E-state index contributed by atoms with van der Waals surface area (Å²) in [4.78, 5) is 1.40. The van der Waals surface area contributed by atoms with Crippen molar-refractivity contribution in [3.05, 3.63) is 28.8 Å². The first-order valence-corrected chi connectivity index (χ1v) is 7.21. The largest absolute Gasteiger partial charge is 0.309 e. The number of halogens is 1. The first kappa shape index (κ1) is 12.3. The molecule has 1 nitrogen and oxygen atoms in total. The van der Waals surface area contributed by atoms with Gasteiger partial charge in [0.25, 0.3) is 0 Å². The molecule has 2 atom stereocenters. The van der Waals surface area contributed by atoms with Crippen LogP contribution in [0.2, 0.25) is 5.02 Å². The summed E-state index contributed by atoms with van der Waals surface area (Å²) in [5, 5.41) is 5.10. The van der Waals surface area contributed by atoms with Gasteiger partial charge in [-0.2, -0.15) is 0 Å². The quantitative estimate of drug-likeness (QED) is 0.863. The predicted molar refractivity (Wildman–Crippen MR) is 72.4 cm³/mol. The Morgan fingerprint density at radius 3 is 2.88 bits per heavy atom. The number of nitrogens with one attached hydrogen (secondary N) is 1. The highest BCUT2D eigenvalue weighted by molar-refractivity contribution is 8.00. The summed E-state index contributed by atoms with van der Waals surface area (Å²) in [6, 6.07) is 6.74. The number of rotatable bonds is 4. The Morgan fingerprint density at radius 2 is 2.19 bits per heavy atom. The van der Waals surface area contributed by atoms with E-state index in [2.05, 4.69) is 31.3 Å². The van der Waals surface area contributed by atoms with E-state index in [1.54, 1.807) is 0 Å². The molecule has 3 heteroatoms. The number of benzene rings is 1. The van der Waals surface area contributed by atoms with Crippen LogP contribution >= 0.6 is 23.4 Å². The van der Waals surface area contributed by atoms with Crippen molar-refractivity contribution in [2.45, 2.75) is 42.9 Å². The second-order valence-electron chi connectivity index (χ2n) is 4.16. The van der Waals surface area contributed by atoms with Crippen molar-refractivity contribution in [2.75, 3.05) is 6.54 Å². The molecule has 0 fully saturated rings. The highest BCUT2D eigenvalue weighted by Gasteiger charge is 2.31. The van der Waals surface area contributed by atoms with Crippen LogP contribution in [0.5, 0.6) is 0 Å². The SMILES string of the molecule is CCCC1Sc2ccc(Cl)cc2C1NCC. The summed E-state index contributed by atoms with van der Waals surface area (Å²) >= 11 is 8.07. The van der Waals surface area contributed by atoms with Gasteiger partial charge in [-0.25, -0.2) is 0 Å². The van der Waals surface area contributed by atoms with Crippen LogP contribution in [0.1, 0.15) is 38.3 Å². The molecule has 1 aromatic carbocycles. The predicted octanol–water partition coefficient (Wildman–Crippen LogP) is 4.27. The lowest BCUT2D eigenvalue weighted by atomic mass is 10.0. The zero-order valence-electron chi connectivity index (χ0n) is 9.79. The number of hydrogen-bond acceptors (Lipinski definition) is 2. The molecular weight excluding hydrogens is 238 g/mol. The van der Waals surface area contributed by atoms with E-state index in [0.717, 1.165) is 11.6 Å². The third-order valence-corrected chi connectivity index (χ3v) is 4.63. The Labute approximate surface area is 107 Å². The molecule has 0 saturated carbocycles. The zero-order chi connectivity index (χ0) is 11.5. The lowest BCUT2D eigenvalue weighted by molar-refractivity contribution is 0.513. The second kappa shape index (κ2) is 5.44. The van der Waals surface area contributed by atoms with E-state index < -0.39 is 0 Å². The number of hydrogen-bond donors (Lipinski definition) is 1. The van der Waals surface area contributed by atoms with Crippen LogP contribution in [0.25, 0.3) is 0 Å². The van der Waals surface area contributed by atoms with Crippen molar-refractivity contribution >= 4 is 23.4 Å². The zero-order valence-corrected chi connectivity index (χ0v) is 11.4. The number of fused-ring (bicyclic) bond motifs is 1. The Morgan fingerprint density at radius 1 is 1.38 bits per heavy atom. The van der Waals surface area contributed by atoms with Crippen LogP contribution in [-0.2, 0) is 0 Å². The van der Waals surface area contributed by atoms with E-state index in [0.29, 0.717) is 11.3 Å². The Bertz CT molecular complexity index is 367. The average Bonchev–Trinajstić information content (AvgIpc) is 2.58. The third-order valence-electron chi connectivity index (χ3n) is 2.95. The molecule has 16 heavy (non-hydrogen) atoms. The first-order chi connectivity index (χ1) is 7.76. The fourth-order valence-electron chi connectivity index (χ4n) is 2.27. The van der Waals surface area contributed by atoms with Gasteiger partial charge in [0, 0.05) is 21.2 Å². The fourth-order valence-corrected chi connectivity index (χ4v) is 3.98. The van der Waals surface area contributed by atoms with Crippen LogP contribution in [0.4, 0.5) is 0 Å². The summed E-state index contributed by atoms with van der Waals surface area (Å²) < 4.78 is 0. The Kier molecular flexibility index (Phi) is 4.17. The Hall–Kier alpha value is -0.180. The fraction of sp³-hybridized carbons (Fsp3) is 0.538. The summed E-state index contributed by atoms with van der Waals surface area (Å²) in [7, 11) is 0. The van der Waals surface area contributed by atoms with E-state index >= 15 is 0 Å². The summed E-state index contributed by atoms with van der Waals surface area (Å²) in [6.45, 7) is 5.42. The maximum atomic E-state index is 6.08. The molecule has 0 aromatic heterocycles. The molecule has 2 unspecified atom stereocenters. The van der Waals surface area contributed by atoms with Crippen LogP contribution < -0.4 is 5.32 Å². The molecule has 88 valence electrons. The molecule has 0 bridgehead atoms. The van der Waals surface area contributed by atoms with Gasteiger partial charge in [-0.15, -0.1) is 11.8 Å². The van der Waals surface area contributed by atoms with Crippen molar-refractivity contribution in [1.29, 1.82) is 0 Å². The molecule has 1 heterocycles. The van der Waals surface area contributed by atoms with Gasteiger partial charge in [0.15, 0.2) is 0 Å². The minimum absolute atomic E-state index is 0.476. The molecule has 1 aliphatic heterocycles. The molecule has 0 aliphatic carbocycles. The van der Waals surface area contributed by atoms with Crippen molar-refractivity contribution in [3.8, 4) is 0 Å². The lowest BCUT2D eigenvalue weighted by Gasteiger charge is -2.19. The van der Waals surface area contributed by atoms with E-state index in [1.165, 1.54) is 23.3 Å². The highest BCUT2D eigenvalue weighted by atomic mass is 35.5. The molecule has 2 rings (SSSR count). The molecule has 1 N–H and O–H groups in total. The van der Waals surface area contributed by atoms with Crippen molar-refractivity contribution in [3.63, 3.8) is 0 Å². The smallest absolute Gasteiger partial charge is 0.0455 e. The van der Waals surface area contributed by atoms with Gasteiger partial charge in [0.2, 0.25) is 0 Å². The maximum Gasteiger partial charge on any atom is 0.0455 e. The molecule has 0 radical (unpaired) electrons. The van der Waals surface area contributed by atoms with Gasteiger partial charge in [-0.3, -0.25) is 0 Å². The monoisotopic (exact) mass is 255 g/mol. The summed E-state index contributed by atoms with van der Waals surface area (Å²) in [5.41, 5.74) is 1.39. The third kappa shape index (κ3) is 2.39. The summed E-state index contributed by atoms with van der Waals surface area (Å²) in [6.07, 6.45) is 2.50. The van der Waals surface area contributed by atoms with Crippen molar-refractivity contribution in [2.24, 2.45) is 0 Å². The van der Waals surface area contributed by atoms with Crippen LogP contribution in [0.3, 0.4) is 0 Å². The van der Waals surface area contributed by atoms with Crippen LogP contribution in [-0.4, -0.2) is 11.8 Å². The minimum atomic E-state index is 0.476. The minimum Gasteiger partial charge on any atom is -0.309 e. The van der Waals surface area contributed by atoms with E-state index in [9.17, 15) is 0 Å². The molecular formula is C13H18ClNS. The molecule has 1 aromatic rings. The Balaban J connectivity index is 2.26. The molecule has 0 saturated heterocycles. The molecule has 0 amide bonds. The van der Waals surface area contributed by atoms with E-state index in [4.69, 9.17) is 11.6 Å². The van der Waals surface area contributed by atoms with Gasteiger partial charge < -0.3 is 5.32 Å². The first-order valence-electron chi connectivity index (χ1n) is 5.95. The van der Waals surface area contributed by atoms with Crippen LogP contribution in [0.15, 0.2) is 23.1 Å². The lowest BCUT2D eigenvalue weighted by Crippen LogP contribution is -2.26.